The van der Waals surface area contributed by atoms with Gasteiger partial charge in [0.1, 0.15) is 11.9 Å². The van der Waals surface area contributed by atoms with Gasteiger partial charge in [0.25, 0.3) is 0 Å². The number of rotatable bonds is 3. The van der Waals surface area contributed by atoms with Crippen molar-refractivity contribution >= 4 is 5.69 Å². The summed E-state index contributed by atoms with van der Waals surface area (Å²) < 4.78 is 5.72. The number of nitrogens with one attached hydrogen (secondary N) is 1. The van der Waals surface area contributed by atoms with Crippen molar-refractivity contribution in [3.05, 3.63) is 59.2 Å². The van der Waals surface area contributed by atoms with Crippen LogP contribution in [-0.4, -0.2) is 6.10 Å². The van der Waals surface area contributed by atoms with Crippen LogP contribution >= 0.6 is 0 Å². The SMILES string of the molecule is Cc1ccc(NCc2ccc3c(c2)C[C@H](C)O3)cc1. The first-order chi connectivity index (χ1) is 9.20. The van der Waals surface area contributed by atoms with Crippen molar-refractivity contribution in [1.82, 2.24) is 0 Å². The van der Waals surface area contributed by atoms with Crippen molar-refractivity contribution in [3.63, 3.8) is 0 Å². The predicted molar refractivity (Wildman–Crippen MR) is 78.7 cm³/mol. The fraction of sp³-hybridized carbons (Fsp3) is 0.294. The second kappa shape index (κ2) is 4.96. The minimum absolute atomic E-state index is 0.315. The van der Waals surface area contributed by atoms with Gasteiger partial charge in [-0.1, -0.05) is 29.8 Å². The Morgan fingerprint density at radius 3 is 2.74 bits per heavy atom. The van der Waals surface area contributed by atoms with Crippen molar-refractivity contribution in [2.45, 2.75) is 32.9 Å². The van der Waals surface area contributed by atoms with E-state index in [9.17, 15) is 0 Å². The predicted octanol–water partition coefficient (Wildman–Crippen LogP) is 3.93. The van der Waals surface area contributed by atoms with Gasteiger partial charge in [-0.3, -0.25) is 0 Å². The monoisotopic (exact) mass is 253 g/mol. The van der Waals surface area contributed by atoms with E-state index in [1.807, 2.05) is 0 Å². The van der Waals surface area contributed by atoms with Crippen LogP contribution in [0.25, 0.3) is 0 Å². The summed E-state index contributed by atoms with van der Waals surface area (Å²) in [7, 11) is 0. The Balaban J connectivity index is 1.68. The first-order valence-electron chi connectivity index (χ1n) is 6.80. The van der Waals surface area contributed by atoms with Crippen LogP contribution < -0.4 is 10.1 Å². The van der Waals surface area contributed by atoms with Gasteiger partial charge in [0.05, 0.1) is 0 Å². The van der Waals surface area contributed by atoms with Crippen molar-refractivity contribution in [3.8, 4) is 5.75 Å². The number of aryl methyl sites for hydroxylation is 1. The Labute approximate surface area is 114 Å². The van der Waals surface area contributed by atoms with E-state index in [0.29, 0.717) is 6.10 Å². The molecule has 2 aromatic carbocycles. The van der Waals surface area contributed by atoms with E-state index in [1.54, 1.807) is 0 Å². The highest BCUT2D eigenvalue weighted by Gasteiger charge is 2.18. The Bertz CT molecular complexity index is 574. The third kappa shape index (κ3) is 2.73. The highest BCUT2D eigenvalue weighted by molar-refractivity contribution is 5.46. The standard InChI is InChI=1S/C17H19NO/c1-12-3-6-16(7-4-12)18-11-14-5-8-17-15(10-14)9-13(2)19-17/h3-8,10,13,18H,9,11H2,1-2H3/t13-/m0/s1. The number of hydrogen-bond acceptors (Lipinski definition) is 2. The number of benzene rings is 2. The third-order valence-electron chi connectivity index (χ3n) is 3.51. The van der Waals surface area contributed by atoms with E-state index in [0.717, 1.165) is 24.4 Å². The van der Waals surface area contributed by atoms with Crippen LogP contribution in [0.3, 0.4) is 0 Å². The van der Waals surface area contributed by atoms with Gasteiger partial charge < -0.3 is 10.1 Å². The van der Waals surface area contributed by atoms with Crippen LogP contribution in [0.4, 0.5) is 5.69 Å². The lowest BCUT2D eigenvalue weighted by molar-refractivity contribution is 0.254. The lowest BCUT2D eigenvalue weighted by atomic mass is 10.1. The maximum atomic E-state index is 5.72. The molecule has 0 saturated carbocycles. The first kappa shape index (κ1) is 12.1. The Morgan fingerprint density at radius 2 is 1.95 bits per heavy atom. The summed E-state index contributed by atoms with van der Waals surface area (Å²) in [4.78, 5) is 0. The van der Waals surface area contributed by atoms with Crippen LogP contribution in [0.15, 0.2) is 42.5 Å². The van der Waals surface area contributed by atoms with Crippen molar-refractivity contribution in [2.75, 3.05) is 5.32 Å². The molecule has 3 rings (SSSR count). The van der Waals surface area contributed by atoms with Crippen molar-refractivity contribution in [1.29, 1.82) is 0 Å². The summed E-state index contributed by atoms with van der Waals surface area (Å²) in [5.74, 6) is 1.05. The molecule has 2 heteroatoms. The van der Waals surface area contributed by atoms with E-state index in [2.05, 4.69) is 61.6 Å². The van der Waals surface area contributed by atoms with Gasteiger partial charge >= 0.3 is 0 Å². The fourth-order valence-corrected chi connectivity index (χ4v) is 2.46. The molecule has 0 unspecified atom stereocenters. The van der Waals surface area contributed by atoms with E-state index in [1.165, 1.54) is 16.7 Å². The van der Waals surface area contributed by atoms with Gasteiger partial charge in [-0.15, -0.1) is 0 Å². The summed E-state index contributed by atoms with van der Waals surface area (Å²) in [6.45, 7) is 5.07. The Kier molecular flexibility index (Phi) is 3.16. The molecule has 0 aliphatic carbocycles. The molecule has 2 nitrogen and oxygen atoms in total. The molecule has 0 radical (unpaired) electrons. The Hall–Kier alpha value is -1.96. The quantitative estimate of drug-likeness (QED) is 0.895. The highest BCUT2D eigenvalue weighted by atomic mass is 16.5. The van der Waals surface area contributed by atoms with Crippen molar-refractivity contribution < 1.29 is 4.74 Å². The zero-order chi connectivity index (χ0) is 13.2. The van der Waals surface area contributed by atoms with E-state index < -0.39 is 0 Å². The van der Waals surface area contributed by atoms with Gasteiger partial charge in [-0.2, -0.15) is 0 Å². The van der Waals surface area contributed by atoms with Crippen LogP contribution in [-0.2, 0) is 13.0 Å². The van der Waals surface area contributed by atoms with Crippen LogP contribution in [0.1, 0.15) is 23.6 Å². The number of ether oxygens (including phenoxy) is 1. The maximum absolute atomic E-state index is 5.72. The molecule has 0 saturated heterocycles. The number of anilines is 1. The average Bonchev–Trinajstić information content (AvgIpc) is 2.77. The topological polar surface area (TPSA) is 21.3 Å². The van der Waals surface area contributed by atoms with E-state index in [4.69, 9.17) is 4.74 Å². The molecule has 2 aromatic rings. The normalized spacial score (nSPS) is 16.8. The fourth-order valence-electron chi connectivity index (χ4n) is 2.46. The second-order valence-electron chi connectivity index (χ2n) is 5.29. The van der Waals surface area contributed by atoms with E-state index >= 15 is 0 Å². The zero-order valence-corrected chi connectivity index (χ0v) is 11.4. The Morgan fingerprint density at radius 1 is 1.16 bits per heavy atom. The van der Waals surface area contributed by atoms with Gasteiger partial charge in [-0.25, -0.2) is 0 Å². The lowest BCUT2D eigenvalue weighted by Gasteiger charge is -2.08. The molecule has 1 aliphatic rings. The summed E-state index contributed by atoms with van der Waals surface area (Å²) in [6.07, 6.45) is 1.34. The summed E-state index contributed by atoms with van der Waals surface area (Å²) in [6, 6.07) is 15.0. The minimum Gasteiger partial charge on any atom is -0.490 e. The zero-order valence-electron chi connectivity index (χ0n) is 11.4. The largest absolute Gasteiger partial charge is 0.490 e. The smallest absolute Gasteiger partial charge is 0.123 e. The molecule has 0 bridgehead atoms. The summed E-state index contributed by atoms with van der Waals surface area (Å²) in [5, 5.41) is 3.45. The molecule has 0 aromatic heterocycles. The van der Waals surface area contributed by atoms with Crippen LogP contribution in [0.2, 0.25) is 0 Å². The molecule has 0 fully saturated rings. The maximum Gasteiger partial charge on any atom is 0.123 e. The molecule has 0 spiro atoms. The van der Waals surface area contributed by atoms with E-state index in [-0.39, 0.29) is 0 Å². The van der Waals surface area contributed by atoms with Crippen LogP contribution in [0, 0.1) is 6.92 Å². The molecule has 1 N–H and O–H groups in total. The first-order valence-corrected chi connectivity index (χ1v) is 6.80. The second-order valence-corrected chi connectivity index (χ2v) is 5.29. The number of hydrogen-bond donors (Lipinski definition) is 1. The highest BCUT2D eigenvalue weighted by Crippen LogP contribution is 2.29. The molecule has 1 aliphatic heterocycles. The minimum atomic E-state index is 0.315. The van der Waals surface area contributed by atoms with Gasteiger partial charge in [0, 0.05) is 18.7 Å². The molecule has 19 heavy (non-hydrogen) atoms. The molecule has 1 atom stereocenters. The van der Waals surface area contributed by atoms with Gasteiger partial charge in [0.15, 0.2) is 0 Å². The number of fused-ring (bicyclic) bond motifs is 1. The summed E-state index contributed by atoms with van der Waals surface area (Å²) >= 11 is 0. The molecule has 98 valence electrons. The third-order valence-corrected chi connectivity index (χ3v) is 3.51. The van der Waals surface area contributed by atoms with Crippen LogP contribution in [0.5, 0.6) is 5.75 Å². The molecule has 0 amide bonds. The molecular formula is C17H19NO. The average molecular weight is 253 g/mol. The molecule has 1 heterocycles. The van der Waals surface area contributed by atoms with Gasteiger partial charge in [-0.05, 0) is 43.2 Å². The summed E-state index contributed by atoms with van der Waals surface area (Å²) in [5.41, 5.74) is 5.08. The molecular weight excluding hydrogens is 234 g/mol. The lowest BCUT2D eigenvalue weighted by Crippen LogP contribution is -2.05. The van der Waals surface area contributed by atoms with Gasteiger partial charge in [0.2, 0.25) is 0 Å². The van der Waals surface area contributed by atoms with Crippen molar-refractivity contribution in [2.24, 2.45) is 0 Å².